The summed E-state index contributed by atoms with van der Waals surface area (Å²) in [5.41, 5.74) is 5.08. The van der Waals surface area contributed by atoms with Gasteiger partial charge in [-0.2, -0.15) is 4.99 Å². The van der Waals surface area contributed by atoms with Crippen molar-refractivity contribution < 1.29 is 14.7 Å². The zero-order valence-electron chi connectivity index (χ0n) is 5.81. The maximum absolute atomic E-state index is 10.7. The number of nitrogens with two attached hydrogens (primary N) is 1. The molecule has 1 unspecified atom stereocenters. The average molecular weight is 157 g/mol. The molecular formula is C5H7N3O3. The van der Waals surface area contributed by atoms with E-state index >= 15 is 0 Å². The van der Waals surface area contributed by atoms with Gasteiger partial charge in [0.15, 0.2) is 12.1 Å². The number of aliphatic hydroxyl groups is 1. The number of amides is 3. The fourth-order valence-electron chi connectivity index (χ4n) is 0.766. The van der Waals surface area contributed by atoms with E-state index < -0.39 is 18.2 Å². The number of aliphatic hydroxyl groups excluding tert-OH is 1. The quantitative estimate of drug-likeness (QED) is 0.454. The van der Waals surface area contributed by atoms with Gasteiger partial charge >= 0.3 is 6.03 Å². The maximum atomic E-state index is 10.7. The maximum Gasteiger partial charge on any atom is 0.354 e. The number of carbonyl (C=O) groups is 2. The number of imide groups is 1. The second-order valence-electron chi connectivity index (χ2n) is 2.08. The van der Waals surface area contributed by atoms with Gasteiger partial charge in [0.2, 0.25) is 5.91 Å². The van der Waals surface area contributed by atoms with E-state index in [4.69, 9.17) is 10.8 Å². The second-order valence-corrected chi connectivity index (χ2v) is 2.08. The number of nitrogens with zero attached hydrogens (tertiary/aromatic N) is 2. The van der Waals surface area contributed by atoms with E-state index in [0.717, 1.165) is 6.92 Å². The van der Waals surface area contributed by atoms with E-state index in [-0.39, 0.29) is 5.84 Å². The SMILES string of the molecule is CC(=O)N1C(=O)N=C(N)C1O. The first kappa shape index (κ1) is 7.67. The molecule has 0 saturated carbocycles. The molecule has 1 atom stereocenters. The van der Waals surface area contributed by atoms with Crippen molar-refractivity contribution in [2.45, 2.75) is 13.2 Å². The van der Waals surface area contributed by atoms with Crippen LogP contribution in [0.4, 0.5) is 4.79 Å². The highest BCUT2D eigenvalue weighted by Gasteiger charge is 2.34. The summed E-state index contributed by atoms with van der Waals surface area (Å²) in [5, 5.41) is 9.03. The lowest BCUT2D eigenvalue weighted by molar-refractivity contribution is -0.129. The Kier molecular flexibility index (Phi) is 1.61. The van der Waals surface area contributed by atoms with Crippen LogP contribution in [-0.2, 0) is 4.79 Å². The van der Waals surface area contributed by atoms with Gasteiger partial charge in [0.25, 0.3) is 0 Å². The van der Waals surface area contributed by atoms with Crippen LogP contribution in [0.1, 0.15) is 6.92 Å². The Labute approximate surface area is 62.3 Å². The van der Waals surface area contributed by atoms with Gasteiger partial charge in [-0.25, -0.2) is 9.69 Å². The Balaban J connectivity index is 2.89. The topological polar surface area (TPSA) is 96.0 Å². The van der Waals surface area contributed by atoms with Crippen molar-refractivity contribution in [1.82, 2.24) is 4.90 Å². The monoisotopic (exact) mass is 157 g/mol. The molecule has 3 N–H and O–H groups in total. The summed E-state index contributed by atoms with van der Waals surface area (Å²) in [6.45, 7) is 1.15. The zero-order valence-corrected chi connectivity index (χ0v) is 5.81. The van der Waals surface area contributed by atoms with Gasteiger partial charge in [0, 0.05) is 6.92 Å². The third-order valence-electron chi connectivity index (χ3n) is 1.28. The lowest BCUT2D eigenvalue weighted by Crippen LogP contribution is -2.42. The molecule has 0 spiro atoms. The molecule has 1 aliphatic heterocycles. The van der Waals surface area contributed by atoms with Crippen molar-refractivity contribution in [1.29, 1.82) is 0 Å². The molecule has 11 heavy (non-hydrogen) atoms. The Morgan fingerprint density at radius 2 is 2.36 bits per heavy atom. The Hall–Kier alpha value is -1.43. The van der Waals surface area contributed by atoms with Crippen LogP contribution in [0.25, 0.3) is 0 Å². The van der Waals surface area contributed by atoms with E-state index in [1.807, 2.05) is 0 Å². The minimum Gasteiger partial charge on any atom is -0.383 e. The summed E-state index contributed by atoms with van der Waals surface area (Å²) in [5.74, 6) is -0.822. The normalized spacial score (nSPS) is 23.8. The molecule has 0 saturated heterocycles. The summed E-state index contributed by atoms with van der Waals surface area (Å²) >= 11 is 0. The first-order valence-corrected chi connectivity index (χ1v) is 2.90. The molecule has 6 heteroatoms. The molecule has 6 nitrogen and oxygen atoms in total. The smallest absolute Gasteiger partial charge is 0.354 e. The first-order valence-electron chi connectivity index (χ1n) is 2.90. The van der Waals surface area contributed by atoms with Crippen molar-refractivity contribution in [3.63, 3.8) is 0 Å². The average Bonchev–Trinajstić information content (AvgIpc) is 2.07. The van der Waals surface area contributed by atoms with Gasteiger partial charge in [0.05, 0.1) is 0 Å². The van der Waals surface area contributed by atoms with Crippen LogP contribution in [0.3, 0.4) is 0 Å². The minimum atomic E-state index is -1.39. The largest absolute Gasteiger partial charge is 0.383 e. The number of hydrogen-bond acceptors (Lipinski definition) is 4. The number of hydrogen-bond donors (Lipinski definition) is 2. The summed E-state index contributed by atoms with van der Waals surface area (Å²) in [4.78, 5) is 25.1. The van der Waals surface area contributed by atoms with Crippen LogP contribution in [0.15, 0.2) is 4.99 Å². The van der Waals surface area contributed by atoms with Crippen LogP contribution in [0, 0.1) is 0 Å². The number of urea groups is 1. The zero-order chi connectivity index (χ0) is 8.59. The molecule has 0 aromatic heterocycles. The van der Waals surface area contributed by atoms with Crippen molar-refractivity contribution in [2.24, 2.45) is 10.7 Å². The fourth-order valence-corrected chi connectivity index (χ4v) is 0.766. The Bertz CT molecular complexity index is 247. The van der Waals surface area contributed by atoms with E-state index in [1.54, 1.807) is 0 Å². The highest BCUT2D eigenvalue weighted by Crippen LogP contribution is 2.07. The van der Waals surface area contributed by atoms with Crippen molar-refractivity contribution in [2.75, 3.05) is 0 Å². The summed E-state index contributed by atoms with van der Waals surface area (Å²) in [7, 11) is 0. The van der Waals surface area contributed by atoms with Gasteiger partial charge in [-0.3, -0.25) is 4.79 Å². The molecule has 0 aromatic rings. The lowest BCUT2D eigenvalue weighted by atomic mass is 10.4. The van der Waals surface area contributed by atoms with Crippen LogP contribution in [0.5, 0.6) is 0 Å². The molecular weight excluding hydrogens is 150 g/mol. The highest BCUT2D eigenvalue weighted by molar-refractivity contribution is 6.09. The predicted octanol–water partition coefficient (Wildman–Crippen LogP) is -1.36. The fraction of sp³-hybridized carbons (Fsp3) is 0.400. The van der Waals surface area contributed by atoms with Gasteiger partial charge in [-0.15, -0.1) is 0 Å². The molecule has 3 amide bonds. The molecule has 0 bridgehead atoms. The van der Waals surface area contributed by atoms with Crippen molar-refractivity contribution >= 4 is 17.8 Å². The third kappa shape index (κ3) is 1.07. The van der Waals surface area contributed by atoms with Gasteiger partial charge in [-0.1, -0.05) is 0 Å². The van der Waals surface area contributed by atoms with Crippen molar-refractivity contribution in [3.8, 4) is 0 Å². The molecule has 1 rings (SSSR count). The highest BCUT2D eigenvalue weighted by atomic mass is 16.3. The van der Waals surface area contributed by atoms with Crippen LogP contribution in [0.2, 0.25) is 0 Å². The molecule has 0 fully saturated rings. The van der Waals surface area contributed by atoms with Gasteiger partial charge in [0.1, 0.15) is 0 Å². The van der Waals surface area contributed by atoms with E-state index in [1.165, 1.54) is 0 Å². The molecule has 0 radical (unpaired) electrons. The second kappa shape index (κ2) is 2.31. The summed E-state index contributed by atoms with van der Waals surface area (Å²) in [6, 6.07) is -0.817. The first-order chi connectivity index (χ1) is 5.04. The number of amidine groups is 1. The molecule has 0 aromatic carbocycles. The number of carbonyl (C=O) groups excluding carboxylic acids is 2. The van der Waals surface area contributed by atoms with Gasteiger partial charge < -0.3 is 10.8 Å². The van der Waals surface area contributed by atoms with E-state index in [0.29, 0.717) is 4.90 Å². The van der Waals surface area contributed by atoms with Crippen LogP contribution in [-0.4, -0.2) is 34.0 Å². The predicted molar refractivity (Wildman–Crippen MR) is 35.5 cm³/mol. The van der Waals surface area contributed by atoms with Crippen LogP contribution >= 0.6 is 0 Å². The molecule has 60 valence electrons. The van der Waals surface area contributed by atoms with Crippen molar-refractivity contribution in [3.05, 3.63) is 0 Å². The summed E-state index contributed by atoms with van der Waals surface area (Å²) < 4.78 is 0. The Morgan fingerprint density at radius 1 is 1.82 bits per heavy atom. The lowest BCUT2D eigenvalue weighted by Gasteiger charge is -2.14. The standard InChI is InChI=1S/C5H7N3O3/c1-2(9)8-4(10)3(6)7-5(8)11/h4,10H,1H3,(H2,6,7,11). The van der Waals surface area contributed by atoms with E-state index in [2.05, 4.69) is 4.99 Å². The molecule has 1 heterocycles. The summed E-state index contributed by atoms with van der Waals surface area (Å²) in [6.07, 6.45) is -1.39. The van der Waals surface area contributed by atoms with Crippen LogP contribution < -0.4 is 5.73 Å². The molecule has 0 aliphatic carbocycles. The Morgan fingerprint density at radius 3 is 2.55 bits per heavy atom. The third-order valence-corrected chi connectivity index (χ3v) is 1.28. The molecule has 1 aliphatic rings. The van der Waals surface area contributed by atoms with E-state index in [9.17, 15) is 9.59 Å². The van der Waals surface area contributed by atoms with Gasteiger partial charge in [-0.05, 0) is 0 Å². The number of rotatable bonds is 0. The number of aliphatic imine (C=N–C) groups is 1. The minimum absolute atomic E-state index is 0.245.